The van der Waals surface area contributed by atoms with E-state index in [0.717, 1.165) is 5.69 Å². The first kappa shape index (κ1) is 19.0. The summed E-state index contributed by atoms with van der Waals surface area (Å²) in [5.41, 5.74) is 2.61. The molecule has 0 radical (unpaired) electrons. The molecule has 0 aliphatic carbocycles. The summed E-state index contributed by atoms with van der Waals surface area (Å²) in [6, 6.07) is 12.0. The predicted octanol–water partition coefficient (Wildman–Crippen LogP) is 3.46. The molecule has 0 unspecified atom stereocenters. The van der Waals surface area contributed by atoms with Crippen LogP contribution >= 0.6 is 11.6 Å². The van der Waals surface area contributed by atoms with Crippen LogP contribution in [-0.4, -0.2) is 31.9 Å². The van der Waals surface area contributed by atoms with E-state index < -0.39 is 4.92 Å². The van der Waals surface area contributed by atoms with E-state index in [1.807, 2.05) is 22.8 Å². The average Bonchev–Trinajstić information content (AvgIpc) is 3.04. The van der Waals surface area contributed by atoms with Crippen LogP contribution in [0.4, 0.5) is 5.69 Å². The lowest BCUT2D eigenvalue weighted by Crippen LogP contribution is -2.18. The van der Waals surface area contributed by atoms with E-state index in [0.29, 0.717) is 46.6 Å². The molecule has 0 saturated heterocycles. The van der Waals surface area contributed by atoms with Gasteiger partial charge in [0.1, 0.15) is 6.54 Å². The molecule has 29 heavy (non-hydrogen) atoms. The zero-order valence-electron chi connectivity index (χ0n) is 15.4. The van der Waals surface area contributed by atoms with Crippen molar-refractivity contribution in [1.29, 1.82) is 0 Å². The first-order valence-electron chi connectivity index (χ1n) is 8.93. The summed E-state index contributed by atoms with van der Waals surface area (Å²) in [5.74, 6) is 1.34. The number of fused-ring (bicyclic) bond motifs is 3. The van der Waals surface area contributed by atoms with Crippen molar-refractivity contribution in [3.8, 4) is 5.69 Å². The Balaban J connectivity index is 1.91. The smallest absolute Gasteiger partial charge is 0.270 e. The number of rotatable bonds is 6. The average molecular weight is 409 g/mol. The van der Waals surface area contributed by atoms with Crippen LogP contribution in [0.15, 0.2) is 60.1 Å². The van der Waals surface area contributed by atoms with E-state index in [1.54, 1.807) is 18.2 Å². The summed E-state index contributed by atoms with van der Waals surface area (Å²) in [6.45, 7) is 5.06. The number of hydrogen-bond donors (Lipinski definition) is 1. The lowest BCUT2D eigenvalue weighted by molar-refractivity contribution is -0.384. The highest BCUT2D eigenvalue weighted by atomic mass is 35.5. The highest BCUT2D eigenvalue weighted by molar-refractivity contribution is 6.35. The Labute approximate surface area is 171 Å². The number of nitro benzene ring substituents is 1. The molecule has 9 heteroatoms. The second-order valence-electron chi connectivity index (χ2n) is 6.39. The van der Waals surface area contributed by atoms with Crippen molar-refractivity contribution in [3.63, 3.8) is 0 Å². The normalized spacial score (nSPS) is 12.5. The highest BCUT2D eigenvalue weighted by Crippen LogP contribution is 2.31. The van der Waals surface area contributed by atoms with Gasteiger partial charge in [0, 0.05) is 34.8 Å². The number of benzene rings is 2. The van der Waals surface area contributed by atoms with E-state index >= 15 is 0 Å². The number of nitrogens with zero attached hydrogens (tertiary/aromatic N) is 5. The van der Waals surface area contributed by atoms with Crippen LogP contribution in [0.5, 0.6) is 0 Å². The van der Waals surface area contributed by atoms with Crippen LogP contribution in [-0.2, 0) is 13.1 Å². The van der Waals surface area contributed by atoms with Gasteiger partial charge in [0.2, 0.25) is 0 Å². The second kappa shape index (κ2) is 7.94. The molecule has 8 nitrogen and oxygen atoms in total. The molecule has 2 heterocycles. The predicted molar refractivity (Wildman–Crippen MR) is 111 cm³/mol. The molecular weight excluding hydrogens is 392 g/mol. The van der Waals surface area contributed by atoms with Gasteiger partial charge in [0.25, 0.3) is 5.69 Å². The Morgan fingerprint density at radius 3 is 2.83 bits per heavy atom. The van der Waals surface area contributed by atoms with Crippen molar-refractivity contribution in [2.75, 3.05) is 6.54 Å². The van der Waals surface area contributed by atoms with Gasteiger partial charge in [-0.25, -0.2) is 0 Å². The van der Waals surface area contributed by atoms with Crippen LogP contribution in [0.1, 0.15) is 22.8 Å². The topological polar surface area (TPSA) is 98.2 Å². The molecule has 4 rings (SSSR count). The largest absolute Gasteiger partial charge is 0.306 e. The number of nitrogens with one attached hydrogen (secondary N) is 1. The fourth-order valence-corrected chi connectivity index (χ4v) is 3.50. The van der Waals surface area contributed by atoms with Crippen LogP contribution in [0, 0.1) is 10.1 Å². The van der Waals surface area contributed by atoms with Gasteiger partial charge in [0.05, 0.1) is 22.9 Å². The number of halogens is 1. The summed E-state index contributed by atoms with van der Waals surface area (Å²) in [7, 11) is 0. The molecule has 146 valence electrons. The van der Waals surface area contributed by atoms with E-state index in [-0.39, 0.29) is 12.2 Å². The molecular formula is C20H17ClN6O2. The van der Waals surface area contributed by atoms with Crippen LogP contribution in [0.25, 0.3) is 5.69 Å². The third-order valence-corrected chi connectivity index (χ3v) is 4.89. The first-order valence-corrected chi connectivity index (χ1v) is 9.31. The molecule has 0 bridgehead atoms. The summed E-state index contributed by atoms with van der Waals surface area (Å²) in [4.78, 5) is 15.7. The van der Waals surface area contributed by atoms with Crippen molar-refractivity contribution in [1.82, 2.24) is 20.1 Å². The zero-order valence-corrected chi connectivity index (χ0v) is 16.1. The molecule has 1 aliphatic rings. The van der Waals surface area contributed by atoms with E-state index in [1.165, 1.54) is 12.1 Å². The lowest BCUT2D eigenvalue weighted by Gasteiger charge is -2.14. The Morgan fingerprint density at radius 1 is 1.24 bits per heavy atom. The maximum absolute atomic E-state index is 11.4. The number of aromatic nitrogens is 3. The summed E-state index contributed by atoms with van der Waals surface area (Å²) in [5, 5.41) is 23.7. The molecule has 0 atom stereocenters. The minimum atomic E-state index is -0.422. The Kier molecular flexibility index (Phi) is 5.20. The van der Waals surface area contributed by atoms with Crippen molar-refractivity contribution in [2.24, 2.45) is 4.99 Å². The van der Waals surface area contributed by atoms with Crippen molar-refractivity contribution >= 4 is 23.0 Å². The van der Waals surface area contributed by atoms with Crippen LogP contribution < -0.4 is 5.32 Å². The molecule has 0 amide bonds. The molecule has 1 N–H and O–H groups in total. The molecule has 3 aromatic rings. The van der Waals surface area contributed by atoms with Gasteiger partial charge in [-0.1, -0.05) is 35.9 Å². The SMILES string of the molecule is C=CCNCc1nnc2n1-c1ccc([N+](=O)[O-])cc1C(c1ccccc1Cl)=NC2. The van der Waals surface area contributed by atoms with Crippen LogP contribution in [0.3, 0.4) is 0 Å². The summed E-state index contributed by atoms with van der Waals surface area (Å²) >= 11 is 6.41. The van der Waals surface area contributed by atoms with Gasteiger partial charge in [0.15, 0.2) is 11.6 Å². The minimum Gasteiger partial charge on any atom is -0.306 e. The minimum absolute atomic E-state index is 0.0219. The maximum atomic E-state index is 11.4. The molecule has 0 spiro atoms. The Morgan fingerprint density at radius 2 is 2.07 bits per heavy atom. The third-order valence-electron chi connectivity index (χ3n) is 4.56. The number of aliphatic imine (C=N–C) groups is 1. The fraction of sp³-hybridized carbons (Fsp3) is 0.150. The zero-order chi connectivity index (χ0) is 20.4. The molecule has 0 fully saturated rings. The third kappa shape index (κ3) is 3.55. The van der Waals surface area contributed by atoms with Gasteiger partial charge in [-0.15, -0.1) is 16.8 Å². The van der Waals surface area contributed by atoms with Crippen LogP contribution in [0.2, 0.25) is 5.02 Å². The van der Waals surface area contributed by atoms with Gasteiger partial charge < -0.3 is 5.32 Å². The Bertz CT molecular complexity index is 1140. The summed E-state index contributed by atoms with van der Waals surface area (Å²) in [6.07, 6.45) is 1.76. The lowest BCUT2D eigenvalue weighted by atomic mass is 9.99. The van der Waals surface area contributed by atoms with Crippen molar-refractivity contribution in [3.05, 3.63) is 93.0 Å². The highest BCUT2D eigenvalue weighted by Gasteiger charge is 2.25. The van der Waals surface area contributed by atoms with E-state index in [2.05, 4.69) is 22.1 Å². The second-order valence-corrected chi connectivity index (χ2v) is 6.80. The fourth-order valence-electron chi connectivity index (χ4n) is 3.28. The van der Waals surface area contributed by atoms with Gasteiger partial charge in [-0.2, -0.15) is 0 Å². The molecule has 2 aromatic carbocycles. The molecule has 1 aromatic heterocycles. The monoisotopic (exact) mass is 408 g/mol. The van der Waals surface area contributed by atoms with Gasteiger partial charge in [-0.3, -0.25) is 19.7 Å². The summed E-state index contributed by atoms with van der Waals surface area (Å²) < 4.78 is 1.89. The van der Waals surface area contributed by atoms with Crippen molar-refractivity contribution < 1.29 is 4.92 Å². The molecule has 0 saturated carbocycles. The number of hydrogen-bond acceptors (Lipinski definition) is 6. The first-order chi connectivity index (χ1) is 14.1. The quantitative estimate of drug-likeness (QED) is 0.291. The van der Waals surface area contributed by atoms with E-state index in [4.69, 9.17) is 16.6 Å². The maximum Gasteiger partial charge on any atom is 0.270 e. The number of nitro groups is 1. The Hall–Kier alpha value is -3.36. The van der Waals surface area contributed by atoms with Gasteiger partial charge >= 0.3 is 0 Å². The van der Waals surface area contributed by atoms with E-state index in [9.17, 15) is 10.1 Å². The van der Waals surface area contributed by atoms with Crippen molar-refractivity contribution in [2.45, 2.75) is 13.1 Å². The molecule has 1 aliphatic heterocycles. The standard InChI is InChI=1S/C20H17ClN6O2/c1-2-9-22-11-18-24-25-19-12-23-20(14-5-3-4-6-16(14)21)15-10-13(27(28)29)7-8-17(15)26(18)19/h2-8,10,22H,1,9,11-12H2. The van der Waals surface area contributed by atoms with Gasteiger partial charge in [-0.05, 0) is 12.1 Å². The number of non-ortho nitro benzene ring substituents is 1.